The lowest BCUT2D eigenvalue weighted by Gasteiger charge is -1.91. The molecule has 0 radical (unpaired) electrons. The number of aromatic nitrogens is 2. The molecule has 0 amide bonds. The summed E-state index contributed by atoms with van der Waals surface area (Å²) in [7, 11) is -3.10. The van der Waals surface area contributed by atoms with Gasteiger partial charge in [0, 0.05) is 6.42 Å². The summed E-state index contributed by atoms with van der Waals surface area (Å²) in [5.74, 6) is -1.68. The van der Waals surface area contributed by atoms with Crippen molar-refractivity contribution in [3.63, 3.8) is 0 Å². The van der Waals surface area contributed by atoms with E-state index in [9.17, 15) is 9.59 Å². The van der Waals surface area contributed by atoms with Gasteiger partial charge in [-0.2, -0.15) is 0 Å². The van der Waals surface area contributed by atoms with Crippen molar-refractivity contribution in [2.75, 3.05) is 0 Å². The zero-order valence-electron chi connectivity index (χ0n) is 11.2. The molecular weight excluding hydrogens is 308 g/mol. The molecule has 0 unspecified atom stereocenters. The topological polar surface area (TPSA) is 161 Å². The Bertz CT molecular complexity index is 584. The van der Waals surface area contributed by atoms with E-state index in [2.05, 4.69) is 0 Å². The van der Waals surface area contributed by atoms with Crippen molar-refractivity contribution in [2.24, 2.45) is 7.05 Å². The zero-order chi connectivity index (χ0) is 16.6. The summed E-state index contributed by atoms with van der Waals surface area (Å²) in [6.07, 6.45) is 4.14. The maximum absolute atomic E-state index is 10.4. The van der Waals surface area contributed by atoms with Crippen LogP contribution >= 0.6 is 0 Å². The van der Waals surface area contributed by atoms with Crippen LogP contribution in [0.25, 0.3) is 0 Å². The van der Waals surface area contributed by atoms with Crippen molar-refractivity contribution < 1.29 is 41.9 Å². The summed E-state index contributed by atoms with van der Waals surface area (Å²) in [5.41, 5.74) is 0.882. The van der Waals surface area contributed by atoms with E-state index >= 15 is 0 Å². The Morgan fingerprint density at radius 1 is 1.29 bits per heavy atom. The second-order valence-corrected chi connectivity index (χ2v) is 4.91. The molecule has 0 atom stereocenters. The zero-order valence-corrected chi connectivity index (χ0v) is 12.0. The van der Waals surface area contributed by atoms with Crippen molar-refractivity contribution in [1.29, 1.82) is 0 Å². The first kappa shape index (κ1) is 19.0. The molecule has 21 heavy (non-hydrogen) atoms. The Morgan fingerprint density at radius 2 is 1.76 bits per heavy atom. The maximum atomic E-state index is 10.4. The number of aryl methyl sites for hydroxylation is 3. The third kappa shape index (κ3) is 11.5. The van der Waals surface area contributed by atoms with Gasteiger partial charge in [0.15, 0.2) is 0 Å². The van der Waals surface area contributed by atoms with Gasteiger partial charge >= 0.3 is 11.9 Å². The second kappa shape index (κ2) is 8.34. The van der Waals surface area contributed by atoms with Gasteiger partial charge in [0.25, 0.3) is 0 Å². The van der Waals surface area contributed by atoms with Crippen molar-refractivity contribution in [3.8, 4) is 0 Å². The van der Waals surface area contributed by atoms with E-state index in [1.807, 2.05) is 11.6 Å². The molecule has 0 saturated carbocycles. The molecule has 11 heteroatoms. The van der Waals surface area contributed by atoms with Crippen LogP contribution in [0.4, 0.5) is 0 Å². The molecule has 0 bridgehead atoms. The number of hydrogen-bond acceptors (Lipinski definition) is 5. The number of nitrogens with zero attached hydrogens (tertiary/aromatic N) is 2. The number of carboxylic acids is 2. The van der Waals surface area contributed by atoms with E-state index < -0.39 is 22.3 Å². The predicted octanol–water partition coefficient (Wildman–Crippen LogP) is -1.19. The highest BCUT2D eigenvalue weighted by Gasteiger charge is 2.12. The summed E-state index contributed by atoms with van der Waals surface area (Å²) in [6.45, 7) is 0.399. The SMILES string of the molecule is Cn1c[n+](CCC(=O)O)cc1CCC(=O)O.O=S(=O)([O-])O. The van der Waals surface area contributed by atoms with Gasteiger partial charge in [-0.25, -0.2) is 17.6 Å². The Labute approximate surface area is 120 Å². The first-order valence-electron chi connectivity index (χ1n) is 5.65. The molecular formula is C10H16N2O8S. The lowest BCUT2D eigenvalue weighted by molar-refractivity contribution is -0.695. The van der Waals surface area contributed by atoms with Gasteiger partial charge in [-0.15, -0.1) is 0 Å². The molecule has 0 fully saturated rings. The number of imidazole rings is 1. The molecule has 10 nitrogen and oxygen atoms in total. The van der Waals surface area contributed by atoms with Crippen LogP contribution in [0.15, 0.2) is 12.5 Å². The van der Waals surface area contributed by atoms with E-state index in [1.54, 1.807) is 17.1 Å². The fraction of sp³-hybridized carbons (Fsp3) is 0.500. The minimum atomic E-state index is -4.92. The van der Waals surface area contributed by atoms with Crippen molar-refractivity contribution in [3.05, 3.63) is 18.2 Å². The maximum Gasteiger partial charge on any atom is 0.307 e. The van der Waals surface area contributed by atoms with Gasteiger partial charge in [0.05, 0.1) is 19.9 Å². The van der Waals surface area contributed by atoms with Gasteiger partial charge in [-0.05, 0) is 0 Å². The van der Waals surface area contributed by atoms with Crippen LogP contribution < -0.4 is 4.57 Å². The molecule has 0 aromatic carbocycles. The van der Waals surface area contributed by atoms with Crippen molar-refractivity contribution in [2.45, 2.75) is 25.8 Å². The lowest BCUT2D eigenvalue weighted by atomic mass is 10.2. The monoisotopic (exact) mass is 324 g/mol. The van der Waals surface area contributed by atoms with Crippen LogP contribution in [0, 0.1) is 0 Å². The first-order valence-corrected chi connectivity index (χ1v) is 7.01. The largest absolute Gasteiger partial charge is 0.726 e. The van der Waals surface area contributed by atoms with Crippen molar-refractivity contribution in [1.82, 2.24) is 4.57 Å². The van der Waals surface area contributed by atoms with E-state index in [1.165, 1.54) is 0 Å². The molecule has 3 N–H and O–H groups in total. The number of carboxylic acid groups (broad SMARTS) is 2. The Kier molecular flexibility index (Phi) is 7.55. The molecule has 1 heterocycles. The van der Waals surface area contributed by atoms with Gasteiger partial charge in [0.1, 0.15) is 18.4 Å². The average molecular weight is 324 g/mol. The van der Waals surface area contributed by atoms with E-state index in [0.29, 0.717) is 13.0 Å². The van der Waals surface area contributed by atoms with Crippen molar-refractivity contribution >= 4 is 22.3 Å². The Morgan fingerprint density at radius 3 is 2.19 bits per heavy atom. The molecule has 1 rings (SSSR count). The van der Waals surface area contributed by atoms with Crippen LogP contribution in [0.5, 0.6) is 0 Å². The van der Waals surface area contributed by atoms with Crippen LogP contribution in [0.2, 0.25) is 0 Å². The van der Waals surface area contributed by atoms with Crippen LogP contribution in [0.1, 0.15) is 18.5 Å². The van der Waals surface area contributed by atoms with Crippen LogP contribution in [0.3, 0.4) is 0 Å². The third-order valence-electron chi connectivity index (χ3n) is 2.27. The molecule has 120 valence electrons. The molecule has 0 aliphatic heterocycles. The summed E-state index contributed by atoms with van der Waals surface area (Å²) in [6, 6.07) is 0. The summed E-state index contributed by atoms with van der Waals surface area (Å²) < 4.78 is 36.4. The lowest BCUT2D eigenvalue weighted by Crippen LogP contribution is -2.32. The predicted molar refractivity (Wildman–Crippen MR) is 66.1 cm³/mol. The third-order valence-corrected chi connectivity index (χ3v) is 2.27. The normalized spacial score (nSPS) is 10.6. The van der Waals surface area contributed by atoms with E-state index in [4.69, 9.17) is 27.7 Å². The average Bonchev–Trinajstić information content (AvgIpc) is 2.62. The minimum Gasteiger partial charge on any atom is -0.726 e. The fourth-order valence-corrected chi connectivity index (χ4v) is 1.44. The Balaban J connectivity index is 0.000000690. The second-order valence-electron chi connectivity index (χ2n) is 4.05. The summed E-state index contributed by atoms with van der Waals surface area (Å²) in [5, 5.41) is 17.1. The highest BCUT2D eigenvalue weighted by Crippen LogP contribution is 2.00. The standard InChI is InChI=1S/C10H14N2O4.H2O4S/c1-11-7-12(5-4-10(15)16)6-8(11)2-3-9(13)14;1-5(2,3)4/h6-7H,2-5H2,1H3,(H-,13,14,15,16);(H2,1,2,3,4). The van der Waals surface area contributed by atoms with Crippen LogP contribution in [-0.2, 0) is 40.0 Å². The molecule has 0 aliphatic rings. The van der Waals surface area contributed by atoms with Gasteiger partial charge < -0.3 is 14.8 Å². The molecule has 1 aromatic heterocycles. The number of aliphatic carboxylic acids is 2. The smallest absolute Gasteiger partial charge is 0.307 e. The first-order chi connectivity index (χ1) is 9.49. The molecule has 0 spiro atoms. The summed E-state index contributed by atoms with van der Waals surface area (Å²) in [4.78, 5) is 20.8. The highest BCUT2D eigenvalue weighted by molar-refractivity contribution is 7.79. The molecule has 1 aromatic rings. The van der Waals surface area contributed by atoms with E-state index in [0.717, 1.165) is 5.69 Å². The van der Waals surface area contributed by atoms with Crippen LogP contribution in [-0.4, -0.2) is 44.2 Å². The number of hydrogen-bond donors (Lipinski definition) is 3. The Hall–Kier alpha value is -1.98. The van der Waals surface area contributed by atoms with E-state index in [-0.39, 0.29) is 12.8 Å². The number of carbonyl (C=O) groups is 2. The fourth-order valence-electron chi connectivity index (χ4n) is 1.44. The van der Waals surface area contributed by atoms with Gasteiger partial charge in [-0.1, -0.05) is 0 Å². The number of rotatable bonds is 6. The van der Waals surface area contributed by atoms with Gasteiger partial charge in [0.2, 0.25) is 16.7 Å². The molecule has 0 aliphatic carbocycles. The molecule has 0 saturated heterocycles. The van der Waals surface area contributed by atoms with Gasteiger partial charge in [-0.3, -0.25) is 14.1 Å². The quantitative estimate of drug-likeness (QED) is 0.334. The highest BCUT2D eigenvalue weighted by atomic mass is 32.3. The summed E-state index contributed by atoms with van der Waals surface area (Å²) >= 11 is 0. The minimum absolute atomic E-state index is 0.0626.